The largest absolute Gasteiger partial charge is 0.460 e. The molecule has 1 aliphatic rings. The van der Waals surface area contributed by atoms with E-state index in [0.717, 1.165) is 5.41 Å². The Morgan fingerprint density at radius 3 is 2.65 bits per heavy atom. The monoisotopic (exact) mass is 449 g/mol. The molecule has 1 heterocycles. The lowest BCUT2D eigenvalue weighted by atomic mass is 9.85. The van der Waals surface area contributed by atoms with Crippen LogP contribution in [-0.4, -0.2) is 38.0 Å². The van der Waals surface area contributed by atoms with Crippen LogP contribution in [0.25, 0.3) is 5.57 Å². The second-order valence-electron chi connectivity index (χ2n) is 7.30. The third-order valence-corrected chi connectivity index (χ3v) is 5.66. The second-order valence-corrected chi connectivity index (χ2v) is 8.95. The molecule has 10 heteroatoms. The maximum Gasteiger partial charge on any atom is 0.337 e. The van der Waals surface area contributed by atoms with Gasteiger partial charge in [0.1, 0.15) is 0 Å². The number of nitro benzene ring substituents is 1. The first-order valence-corrected chi connectivity index (χ1v) is 11.4. The van der Waals surface area contributed by atoms with Crippen molar-refractivity contribution in [3.63, 3.8) is 0 Å². The molecule has 0 amide bonds. The molecule has 0 saturated carbocycles. The van der Waals surface area contributed by atoms with E-state index in [2.05, 4.69) is 10.0 Å². The van der Waals surface area contributed by atoms with Gasteiger partial charge in [-0.3, -0.25) is 10.1 Å². The summed E-state index contributed by atoms with van der Waals surface area (Å²) in [5.41, 5.74) is 1.97. The van der Waals surface area contributed by atoms with Crippen LogP contribution in [0, 0.1) is 10.1 Å². The van der Waals surface area contributed by atoms with Crippen molar-refractivity contribution in [3.8, 4) is 0 Å². The van der Waals surface area contributed by atoms with E-state index in [9.17, 15) is 23.3 Å². The maximum atomic E-state index is 12.9. The van der Waals surface area contributed by atoms with Crippen LogP contribution < -0.4 is 10.0 Å². The van der Waals surface area contributed by atoms with Gasteiger partial charge < -0.3 is 10.1 Å². The summed E-state index contributed by atoms with van der Waals surface area (Å²) in [6.07, 6.45) is 1.00. The highest BCUT2D eigenvalue weighted by molar-refractivity contribution is 7.92. The Morgan fingerprint density at radius 1 is 1.39 bits per heavy atom. The second kappa shape index (κ2) is 9.88. The van der Waals surface area contributed by atoms with Gasteiger partial charge >= 0.3 is 5.97 Å². The molecule has 0 saturated heterocycles. The fourth-order valence-electron chi connectivity index (χ4n) is 3.28. The number of benzene rings is 1. The SMILES string of the molecule is CCNS(=O)(=O)C=CC1=C(C)NC(C)C(C(=O)OC(C)C)=C1c1cccc([N+](=O)[O-])c1. The zero-order valence-electron chi connectivity index (χ0n) is 18.1. The topological polar surface area (TPSA) is 128 Å². The summed E-state index contributed by atoms with van der Waals surface area (Å²) in [6.45, 7) is 8.84. The van der Waals surface area contributed by atoms with Gasteiger partial charge in [0.05, 0.1) is 22.6 Å². The third-order valence-electron chi connectivity index (χ3n) is 4.48. The van der Waals surface area contributed by atoms with Crippen molar-refractivity contribution >= 4 is 27.3 Å². The van der Waals surface area contributed by atoms with E-state index in [1.54, 1.807) is 40.7 Å². The molecule has 9 nitrogen and oxygen atoms in total. The van der Waals surface area contributed by atoms with Crippen LogP contribution in [-0.2, 0) is 19.6 Å². The minimum Gasteiger partial charge on any atom is -0.460 e. The van der Waals surface area contributed by atoms with Gasteiger partial charge in [-0.05, 0) is 39.3 Å². The molecule has 1 aromatic rings. The van der Waals surface area contributed by atoms with E-state index in [-0.39, 0.29) is 23.9 Å². The average Bonchev–Trinajstić information content (AvgIpc) is 2.66. The van der Waals surface area contributed by atoms with Gasteiger partial charge in [-0.2, -0.15) is 0 Å². The molecule has 0 aromatic heterocycles. The van der Waals surface area contributed by atoms with Crippen LogP contribution in [0.1, 0.15) is 40.2 Å². The number of non-ortho nitro benzene ring substituents is 1. The molecule has 0 radical (unpaired) electrons. The quantitative estimate of drug-likeness (QED) is 0.355. The third kappa shape index (κ3) is 6.02. The average molecular weight is 450 g/mol. The first-order valence-electron chi connectivity index (χ1n) is 9.82. The van der Waals surface area contributed by atoms with Gasteiger partial charge in [-0.25, -0.2) is 17.9 Å². The van der Waals surface area contributed by atoms with Gasteiger partial charge in [-0.15, -0.1) is 0 Å². The van der Waals surface area contributed by atoms with Crippen molar-refractivity contribution in [2.75, 3.05) is 6.54 Å². The summed E-state index contributed by atoms with van der Waals surface area (Å²) in [4.78, 5) is 23.7. The number of allylic oxidation sites excluding steroid dienone is 4. The zero-order chi connectivity index (χ0) is 23.3. The highest BCUT2D eigenvalue weighted by atomic mass is 32.2. The molecule has 1 aromatic carbocycles. The summed E-state index contributed by atoms with van der Waals surface area (Å²) in [5, 5.41) is 15.5. The molecule has 31 heavy (non-hydrogen) atoms. The number of carbonyl (C=O) groups is 1. The molecule has 1 aliphatic heterocycles. The summed E-state index contributed by atoms with van der Waals surface area (Å²) >= 11 is 0. The zero-order valence-corrected chi connectivity index (χ0v) is 18.9. The Balaban J connectivity index is 2.77. The minimum absolute atomic E-state index is 0.144. The number of hydrogen-bond acceptors (Lipinski definition) is 7. The number of carbonyl (C=O) groups excluding carboxylic acids is 1. The minimum atomic E-state index is -3.69. The molecule has 0 aliphatic carbocycles. The number of ether oxygens (including phenoxy) is 1. The van der Waals surface area contributed by atoms with Crippen molar-refractivity contribution in [3.05, 3.63) is 68.3 Å². The Bertz CT molecular complexity index is 1070. The molecule has 1 atom stereocenters. The van der Waals surface area contributed by atoms with Gasteiger partial charge in [0.2, 0.25) is 10.0 Å². The summed E-state index contributed by atoms with van der Waals surface area (Å²) in [7, 11) is -3.69. The summed E-state index contributed by atoms with van der Waals surface area (Å²) < 4.78 is 32.1. The van der Waals surface area contributed by atoms with Crippen LogP contribution in [0.4, 0.5) is 5.69 Å². The van der Waals surface area contributed by atoms with E-state index in [1.807, 2.05) is 0 Å². The molecule has 0 fully saturated rings. The lowest BCUT2D eigenvalue weighted by molar-refractivity contribution is -0.384. The van der Waals surface area contributed by atoms with Crippen molar-refractivity contribution < 1.29 is 22.9 Å². The predicted molar refractivity (Wildman–Crippen MR) is 118 cm³/mol. The molecular weight excluding hydrogens is 422 g/mol. The maximum absolute atomic E-state index is 12.9. The molecule has 0 bridgehead atoms. The lowest BCUT2D eigenvalue weighted by Crippen LogP contribution is -2.36. The fourth-order valence-corrected chi connectivity index (χ4v) is 4.10. The van der Waals surface area contributed by atoms with Gasteiger partial charge in [0.15, 0.2) is 0 Å². The molecule has 1 unspecified atom stereocenters. The predicted octanol–water partition coefficient (Wildman–Crippen LogP) is 3.02. The van der Waals surface area contributed by atoms with E-state index in [4.69, 9.17) is 4.74 Å². The van der Waals surface area contributed by atoms with E-state index in [0.29, 0.717) is 22.4 Å². The highest BCUT2D eigenvalue weighted by Gasteiger charge is 2.31. The molecule has 0 spiro atoms. The fraction of sp³-hybridized carbons (Fsp3) is 0.381. The van der Waals surface area contributed by atoms with E-state index in [1.165, 1.54) is 24.3 Å². The van der Waals surface area contributed by atoms with Crippen molar-refractivity contribution in [2.24, 2.45) is 0 Å². The lowest BCUT2D eigenvalue weighted by Gasteiger charge is -2.30. The smallest absolute Gasteiger partial charge is 0.337 e. The number of hydrogen-bond donors (Lipinski definition) is 2. The number of rotatable bonds is 8. The van der Waals surface area contributed by atoms with Crippen molar-refractivity contribution in [1.29, 1.82) is 0 Å². The number of dihydropyridines is 1. The molecular formula is C21H27N3O6S. The van der Waals surface area contributed by atoms with Crippen LogP contribution >= 0.6 is 0 Å². The number of esters is 1. The van der Waals surface area contributed by atoms with Gasteiger partial charge in [-0.1, -0.05) is 19.1 Å². The highest BCUT2D eigenvalue weighted by Crippen LogP contribution is 2.36. The number of nitro groups is 1. The first-order chi connectivity index (χ1) is 14.5. The van der Waals surface area contributed by atoms with E-state index < -0.39 is 27.0 Å². The Kier molecular flexibility index (Phi) is 7.75. The number of nitrogens with one attached hydrogen (secondary N) is 2. The number of sulfonamides is 1. The molecule has 2 N–H and O–H groups in total. The molecule has 2 rings (SSSR count). The Morgan fingerprint density at radius 2 is 2.06 bits per heavy atom. The Labute approximate surface area is 182 Å². The first kappa shape index (κ1) is 24.3. The standard InChI is InChI=1S/C21H27N3O6S/c1-6-22-31(28,29)11-10-18-14(4)23-15(5)19(21(25)30-13(2)3)20(18)16-8-7-9-17(12-16)24(26)27/h7-13,15,22-23H,6H2,1-5H3. The van der Waals surface area contributed by atoms with E-state index >= 15 is 0 Å². The van der Waals surface area contributed by atoms with Gasteiger partial charge in [0, 0.05) is 40.9 Å². The van der Waals surface area contributed by atoms with Gasteiger partial charge in [0.25, 0.3) is 5.69 Å². The number of nitrogens with zero attached hydrogens (tertiary/aromatic N) is 1. The van der Waals surface area contributed by atoms with Crippen LogP contribution in [0.3, 0.4) is 0 Å². The summed E-state index contributed by atoms with van der Waals surface area (Å²) in [5.74, 6) is -0.579. The van der Waals surface area contributed by atoms with Crippen LogP contribution in [0.2, 0.25) is 0 Å². The van der Waals surface area contributed by atoms with Crippen LogP contribution in [0.15, 0.2) is 52.6 Å². The molecule has 168 valence electrons. The Hall–Kier alpha value is -2.98. The van der Waals surface area contributed by atoms with Crippen LogP contribution in [0.5, 0.6) is 0 Å². The summed E-state index contributed by atoms with van der Waals surface area (Å²) in [6, 6.07) is 5.41. The normalized spacial score (nSPS) is 17.3. The van der Waals surface area contributed by atoms with Crippen molar-refractivity contribution in [2.45, 2.75) is 46.8 Å². The van der Waals surface area contributed by atoms with Crippen molar-refractivity contribution in [1.82, 2.24) is 10.0 Å².